The van der Waals surface area contributed by atoms with Crippen molar-refractivity contribution in [2.45, 2.75) is 13.3 Å². The summed E-state index contributed by atoms with van der Waals surface area (Å²) in [5.74, 6) is -1.17. The maximum atomic E-state index is 12.5. The van der Waals surface area contributed by atoms with E-state index in [9.17, 15) is 22.8 Å². The van der Waals surface area contributed by atoms with Gasteiger partial charge in [-0.25, -0.2) is 0 Å². The Balaban J connectivity index is 2.38. The number of hydrogen-bond donors (Lipinski definition) is 1. The first kappa shape index (κ1) is 16.5. The van der Waals surface area contributed by atoms with Crippen molar-refractivity contribution in [3.63, 3.8) is 0 Å². The van der Waals surface area contributed by atoms with Crippen LogP contribution in [-0.2, 0) is 0 Å². The smallest absolute Gasteiger partial charge is 0.405 e. The number of halogens is 3. The predicted molar refractivity (Wildman–Crippen MR) is 77.6 cm³/mol. The summed E-state index contributed by atoms with van der Waals surface area (Å²) in [6.07, 6.45) is -4.72. The Morgan fingerprint density at radius 3 is 2.35 bits per heavy atom. The molecule has 0 atom stereocenters. The van der Waals surface area contributed by atoms with E-state index in [1.807, 2.05) is 0 Å². The number of ether oxygens (including phenoxy) is 1. The average Bonchev–Trinajstić information content (AvgIpc) is 2.50. The molecular weight excluding hydrogens is 311 g/mol. The van der Waals surface area contributed by atoms with E-state index in [0.717, 1.165) is 0 Å². The lowest BCUT2D eigenvalue weighted by molar-refractivity contribution is -0.274. The molecule has 0 fully saturated rings. The van der Waals surface area contributed by atoms with Gasteiger partial charge < -0.3 is 10.1 Å². The Hall–Kier alpha value is -2.83. The molecule has 0 heterocycles. The molecule has 0 spiro atoms. The number of alkyl halides is 3. The summed E-state index contributed by atoms with van der Waals surface area (Å²) >= 11 is 0. The van der Waals surface area contributed by atoms with Crippen molar-refractivity contribution in [1.29, 1.82) is 0 Å². The van der Waals surface area contributed by atoms with Crippen LogP contribution < -0.4 is 10.1 Å². The van der Waals surface area contributed by atoms with Crippen LogP contribution in [0.1, 0.15) is 26.3 Å². The van der Waals surface area contributed by atoms with Crippen LogP contribution >= 0.6 is 0 Å². The fourth-order valence-corrected chi connectivity index (χ4v) is 1.97. The zero-order valence-corrected chi connectivity index (χ0v) is 12.0. The lowest BCUT2D eigenvalue weighted by Crippen LogP contribution is -2.20. The molecule has 1 amide bonds. The average molecular weight is 323 g/mol. The van der Waals surface area contributed by atoms with Crippen molar-refractivity contribution in [2.24, 2.45) is 0 Å². The second kappa shape index (κ2) is 6.51. The molecule has 0 aliphatic carbocycles. The third kappa shape index (κ3) is 4.09. The van der Waals surface area contributed by atoms with Crippen molar-refractivity contribution >= 4 is 17.9 Å². The first-order chi connectivity index (χ1) is 10.8. The van der Waals surface area contributed by atoms with Crippen molar-refractivity contribution in [3.05, 3.63) is 59.2 Å². The first-order valence-corrected chi connectivity index (χ1v) is 6.53. The Labute approximate surface area is 129 Å². The molecule has 2 rings (SSSR count). The van der Waals surface area contributed by atoms with E-state index in [0.29, 0.717) is 5.56 Å². The number of carbonyl (C=O) groups excluding carboxylic acids is 2. The van der Waals surface area contributed by atoms with Crippen LogP contribution in [0, 0.1) is 6.92 Å². The van der Waals surface area contributed by atoms with Gasteiger partial charge in [0.05, 0.1) is 11.3 Å². The number of aldehydes is 1. The highest BCUT2D eigenvalue weighted by atomic mass is 19.4. The van der Waals surface area contributed by atoms with Gasteiger partial charge in [-0.05, 0) is 30.7 Å². The van der Waals surface area contributed by atoms with Crippen LogP contribution in [0.25, 0.3) is 0 Å². The number of hydrogen-bond acceptors (Lipinski definition) is 3. The molecule has 0 radical (unpaired) electrons. The Kier molecular flexibility index (Phi) is 4.68. The Bertz CT molecular complexity index is 727. The molecular formula is C16H12F3NO3. The molecule has 0 aromatic heterocycles. The number of aryl methyl sites for hydroxylation is 1. The highest BCUT2D eigenvalue weighted by Crippen LogP contribution is 2.33. The largest absolute Gasteiger partial charge is 0.573 e. The quantitative estimate of drug-likeness (QED) is 0.867. The number of carbonyl (C=O) groups is 2. The topological polar surface area (TPSA) is 55.4 Å². The molecule has 2 aromatic carbocycles. The summed E-state index contributed by atoms with van der Waals surface area (Å²) in [6.45, 7) is 1.37. The second-order valence-corrected chi connectivity index (χ2v) is 4.66. The minimum absolute atomic E-state index is 0.0568. The lowest BCUT2D eigenvalue weighted by atomic mass is 10.1. The third-order valence-corrected chi connectivity index (χ3v) is 3.01. The van der Waals surface area contributed by atoms with Crippen molar-refractivity contribution in [2.75, 3.05) is 5.32 Å². The predicted octanol–water partition coefficient (Wildman–Crippen LogP) is 3.96. The van der Waals surface area contributed by atoms with E-state index in [1.165, 1.54) is 31.2 Å². The molecule has 7 heteroatoms. The van der Waals surface area contributed by atoms with Gasteiger partial charge in [0.15, 0.2) is 6.29 Å². The van der Waals surface area contributed by atoms with Gasteiger partial charge >= 0.3 is 6.36 Å². The summed E-state index contributed by atoms with van der Waals surface area (Å²) < 4.78 is 41.3. The minimum atomic E-state index is -4.94. The number of benzene rings is 2. The molecule has 0 aliphatic rings. The molecule has 0 bridgehead atoms. The van der Waals surface area contributed by atoms with Crippen molar-refractivity contribution in [3.8, 4) is 5.75 Å². The van der Waals surface area contributed by atoms with Gasteiger partial charge in [-0.3, -0.25) is 9.59 Å². The summed E-state index contributed by atoms with van der Waals surface area (Å²) in [4.78, 5) is 23.3. The fourth-order valence-electron chi connectivity index (χ4n) is 1.97. The van der Waals surface area contributed by atoms with E-state index in [1.54, 1.807) is 18.2 Å². The molecule has 1 N–H and O–H groups in total. The Morgan fingerprint density at radius 2 is 1.78 bits per heavy atom. The minimum Gasteiger partial charge on any atom is -0.405 e. The molecule has 4 nitrogen and oxygen atoms in total. The van der Waals surface area contributed by atoms with Gasteiger partial charge in [-0.2, -0.15) is 0 Å². The van der Waals surface area contributed by atoms with Gasteiger partial charge in [-0.1, -0.05) is 24.3 Å². The normalized spacial score (nSPS) is 11.0. The zero-order chi connectivity index (χ0) is 17.0. The third-order valence-electron chi connectivity index (χ3n) is 3.01. The van der Waals surface area contributed by atoms with E-state index in [2.05, 4.69) is 10.1 Å². The fraction of sp³-hybridized carbons (Fsp3) is 0.125. The number of nitrogens with one attached hydrogen (secondary N) is 1. The molecule has 0 aliphatic heterocycles. The van der Waals surface area contributed by atoms with Gasteiger partial charge in [-0.15, -0.1) is 13.2 Å². The van der Waals surface area contributed by atoms with Crippen molar-refractivity contribution in [1.82, 2.24) is 0 Å². The highest BCUT2D eigenvalue weighted by molar-refractivity contribution is 6.07. The van der Waals surface area contributed by atoms with Gasteiger partial charge in [0.25, 0.3) is 5.91 Å². The van der Waals surface area contributed by atoms with E-state index < -0.39 is 18.0 Å². The van der Waals surface area contributed by atoms with E-state index in [4.69, 9.17) is 0 Å². The van der Waals surface area contributed by atoms with Crippen molar-refractivity contribution < 1.29 is 27.5 Å². The maximum absolute atomic E-state index is 12.5. The molecule has 120 valence electrons. The Morgan fingerprint density at radius 1 is 1.13 bits per heavy atom. The highest BCUT2D eigenvalue weighted by Gasteiger charge is 2.33. The van der Waals surface area contributed by atoms with Gasteiger partial charge in [0, 0.05) is 5.56 Å². The van der Waals surface area contributed by atoms with Crippen LogP contribution in [0.5, 0.6) is 5.75 Å². The zero-order valence-electron chi connectivity index (χ0n) is 12.0. The molecule has 2 aromatic rings. The first-order valence-electron chi connectivity index (χ1n) is 6.53. The van der Waals surface area contributed by atoms with Crippen LogP contribution in [-0.4, -0.2) is 18.6 Å². The summed E-state index contributed by atoms with van der Waals surface area (Å²) in [5, 5.41) is 2.41. The second-order valence-electron chi connectivity index (χ2n) is 4.66. The van der Waals surface area contributed by atoms with Crippen LogP contribution in [0.4, 0.5) is 18.9 Å². The summed E-state index contributed by atoms with van der Waals surface area (Å²) in [6, 6.07) is 10.8. The van der Waals surface area contributed by atoms with Gasteiger partial charge in [0.1, 0.15) is 5.75 Å². The standard InChI is InChI=1S/C16H12F3NO3/c1-10-7-8-13(12(9-21)14(10)23-16(17,18)19)20-15(22)11-5-3-2-4-6-11/h2-9H,1H3,(H,20,22). The monoisotopic (exact) mass is 323 g/mol. The summed E-state index contributed by atoms with van der Waals surface area (Å²) in [7, 11) is 0. The molecule has 23 heavy (non-hydrogen) atoms. The molecule has 0 saturated heterocycles. The maximum Gasteiger partial charge on any atom is 0.573 e. The van der Waals surface area contributed by atoms with Crippen LogP contribution in [0.15, 0.2) is 42.5 Å². The van der Waals surface area contributed by atoms with E-state index >= 15 is 0 Å². The number of rotatable bonds is 4. The summed E-state index contributed by atoms with van der Waals surface area (Å²) in [5.41, 5.74) is 0.00987. The van der Waals surface area contributed by atoms with E-state index in [-0.39, 0.29) is 23.1 Å². The van der Waals surface area contributed by atoms with Crippen LogP contribution in [0.3, 0.4) is 0 Å². The van der Waals surface area contributed by atoms with Crippen LogP contribution in [0.2, 0.25) is 0 Å². The SMILES string of the molecule is Cc1ccc(NC(=O)c2ccccc2)c(C=O)c1OC(F)(F)F. The molecule has 0 saturated carbocycles. The number of anilines is 1. The number of amides is 1. The lowest BCUT2D eigenvalue weighted by Gasteiger charge is -2.16. The van der Waals surface area contributed by atoms with Gasteiger partial charge in [0.2, 0.25) is 0 Å². The molecule has 0 unspecified atom stereocenters.